The van der Waals surface area contributed by atoms with Gasteiger partial charge in [0.25, 0.3) is 5.91 Å². The Balaban J connectivity index is 1.95. The average molecular weight is 292 g/mol. The minimum Gasteiger partial charge on any atom is -0.467 e. The second-order valence-electron chi connectivity index (χ2n) is 5.04. The summed E-state index contributed by atoms with van der Waals surface area (Å²) in [6.07, 6.45) is 4.85. The van der Waals surface area contributed by atoms with E-state index < -0.39 is 0 Å². The van der Waals surface area contributed by atoms with Crippen molar-refractivity contribution in [1.82, 2.24) is 4.98 Å². The van der Waals surface area contributed by atoms with Crippen LogP contribution in [0.15, 0.2) is 71.6 Å². The first-order valence-corrected chi connectivity index (χ1v) is 7.05. The number of carbonyl (C=O) groups excluding carboxylic acids is 1. The number of aryl methyl sites for hydroxylation is 1. The Hall–Kier alpha value is -2.88. The lowest BCUT2D eigenvalue weighted by Crippen LogP contribution is -2.30. The number of pyridine rings is 1. The second-order valence-corrected chi connectivity index (χ2v) is 5.04. The molecular formula is C18H16N2O2. The molecule has 3 rings (SSSR count). The third-order valence-electron chi connectivity index (χ3n) is 3.41. The highest BCUT2D eigenvalue weighted by Gasteiger charge is 2.19. The zero-order valence-electron chi connectivity index (χ0n) is 12.3. The van der Waals surface area contributed by atoms with E-state index in [1.165, 1.54) is 0 Å². The van der Waals surface area contributed by atoms with E-state index in [0.29, 0.717) is 12.1 Å². The number of hydrogen-bond acceptors (Lipinski definition) is 3. The quantitative estimate of drug-likeness (QED) is 0.734. The van der Waals surface area contributed by atoms with Crippen molar-refractivity contribution in [3.05, 3.63) is 84.1 Å². The summed E-state index contributed by atoms with van der Waals surface area (Å²) in [5, 5.41) is 0. The highest BCUT2D eigenvalue weighted by atomic mass is 16.3. The van der Waals surface area contributed by atoms with Crippen molar-refractivity contribution in [2.75, 3.05) is 4.90 Å². The van der Waals surface area contributed by atoms with Crippen molar-refractivity contribution < 1.29 is 9.21 Å². The molecule has 1 amide bonds. The number of anilines is 1. The van der Waals surface area contributed by atoms with Crippen LogP contribution in [0, 0.1) is 6.92 Å². The van der Waals surface area contributed by atoms with E-state index in [9.17, 15) is 4.79 Å². The van der Waals surface area contributed by atoms with Crippen molar-refractivity contribution in [3.63, 3.8) is 0 Å². The summed E-state index contributed by atoms with van der Waals surface area (Å²) in [5.74, 6) is 0.658. The van der Waals surface area contributed by atoms with Crippen LogP contribution in [0.4, 0.5) is 5.69 Å². The fraction of sp³-hybridized carbons (Fsp3) is 0.111. The summed E-state index contributed by atoms with van der Waals surface area (Å²) in [7, 11) is 0. The Labute approximate surface area is 129 Å². The molecule has 0 spiro atoms. The molecule has 4 heteroatoms. The summed E-state index contributed by atoms with van der Waals surface area (Å²) in [5.41, 5.74) is 2.59. The Morgan fingerprint density at radius 2 is 1.82 bits per heavy atom. The fourth-order valence-electron chi connectivity index (χ4n) is 2.21. The van der Waals surface area contributed by atoms with Crippen LogP contribution in [0.5, 0.6) is 0 Å². The maximum absolute atomic E-state index is 12.8. The predicted octanol–water partition coefficient (Wildman–Crippen LogP) is 3.83. The standard InChI is InChI=1S/C18H16N2O2/c1-14-4-6-16(7-5-14)20(13-17-3-2-12-22-17)18(21)15-8-10-19-11-9-15/h2-12H,13H2,1H3. The van der Waals surface area contributed by atoms with Crippen molar-refractivity contribution in [3.8, 4) is 0 Å². The van der Waals surface area contributed by atoms with E-state index in [-0.39, 0.29) is 5.91 Å². The molecule has 0 bridgehead atoms. The number of rotatable bonds is 4. The van der Waals surface area contributed by atoms with Crippen molar-refractivity contribution in [1.29, 1.82) is 0 Å². The summed E-state index contributed by atoms with van der Waals surface area (Å²) < 4.78 is 5.39. The molecule has 1 aromatic carbocycles. The van der Waals surface area contributed by atoms with Crippen LogP contribution in [-0.2, 0) is 6.54 Å². The van der Waals surface area contributed by atoms with Gasteiger partial charge in [-0.05, 0) is 43.3 Å². The first-order valence-electron chi connectivity index (χ1n) is 7.05. The molecule has 3 aromatic rings. The van der Waals surface area contributed by atoms with Crippen LogP contribution >= 0.6 is 0 Å². The average Bonchev–Trinajstić information content (AvgIpc) is 3.07. The number of furan rings is 1. The Kier molecular flexibility index (Phi) is 4.01. The van der Waals surface area contributed by atoms with Gasteiger partial charge in [0, 0.05) is 23.6 Å². The summed E-state index contributed by atoms with van der Waals surface area (Å²) >= 11 is 0. The van der Waals surface area contributed by atoms with Gasteiger partial charge < -0.3 is 9.32 Å². The maximum Gasteiger partial charge on any atom is 0.258 e. The molecule has 0 saturated carbocycles. The van der Waals surface area contributed by atoms with E-state index in [0.717, 1.165) is 17.0 Å². The molecule has 110 valence electrons. The van der Waals surface area contributed by atoms with Crippen LogP contribution in [0.1, 0.15) is 21.7 Å². The SMILES string of the molecule is Cc1ccc(N(Cc2ccco2)C(=O)c2ccncc2)cc1. The van der Waals surface area contributed by atoms with Gasteiger partial charge in [-0.15, -0.1) is 0 Å². The fourth-order valence-corrected chi connectivity index (χ4v) is 2.21. The number of aromatic nitrogens is 1. The Bertz CT molecular complexity index is 735. The lowest BCUT2D eigenvalue weighted by molar-refractivity contribution is 0.0983. The van der Waals surface area contributed by atoms with Gasteiger partial charge in [-0.25, -0.2) is 0 Å². The molecule has 4 nitrogen and oxygen atoms in total. The van der Waals surface area contributed by atoms with Gasteiger partial charge in [0.15, 0.2) is 0 Å². The molecule has 0 radical (unpaired) electrons. The molecule has 0 atom stereocenters. The molecule has 0 aliphatic carbocycles. The number of hydrogen-bond donors (Lipinski definition) is 0. The molecule has 0 saturated heterocycles. The van der Waals surface area contributed by atoms with Crippen LogP contribution in [0.3, 0.4) is 0 Å². The largest absolute Gasteiger partial charge is 0.467 e. The minimum atomic E-state index is -0.0809. The molecule has 2 aromatic heterocycles. The van der Waals surface area contributed by atoms with Gasteiger partial charge in [-0.1, -0.05) is 17.7 Å². The maximum atomic E-state index is 12.8. The molecule has 0 fully saturated rings. The van der Waals surface area contributed by atoms with E-state index in [1.54, 1.807) is 35.7 Å². The van der Waals surface area contributed by atoms with Crippen molar-refractivity contribution in [2.45, 2.75) is 13.5 Å². The smallest absolute Gasteiger partial charge is 0.258 e. The van der Waals surface area contributed by atoms with Crippen LogP contribution in [-0.4, -0.2) is 10.9 Å². The van der Waals surface area contributed by atoms with Crippen LogP contribution in [0.25, 0.3) is 0 Å². The molecule has 2 heterocycles. The summed E-state index contributed by atoms with van der Waals surface area (Å²) in [4.78, 5) is 18.5. The normalized spacial score (nSPS) is 10.4. The first-order chi connectivity index (χ1) is 10.7. The monoisotopic (exact) mass is 292 g/mol. The molecular weight excluding hydrogens is 276 g/mol. The molecule has 0 N–H and O–H groups in total. The topological polar surface area (TPSA) is 46.3 Å². The van der Waals surface area contributed by atoms with Crippen molar-refractivity contribution in [2.24, 2.45) is 0 Å². The highest BCUT2D eigenvalue weighted by Crippen LogP contribution is 2.21. The molecule has 0 aliphatic heterocycles. The Morgan fingerprint density at radius 1 is 1.09 bits per heavy atom. The number of nitrogens with zero attached hydrogens (tertiary/aromatic N) is 2. The van der Waals surface area contributed by atoms with Gasteiger partial charge >= 0.3 is 0 Å². The predicted molar refractivity (Wildman–Crippen MR) is 84.6 cm³/mol. The zero-order chi connectivity index (χ0) is 15.4. The summed E-state index contributed by atoms with van der Waals surface area (Å²) in [6.45, 7) is 2.41. The van der Waals surface area contributed by atoms with E-state index in [4.69, 9.17) is 4.42 Å². The lowest BCUT2D eigenvalue weighted by atomic mass is 10.1. The minimum absolute atomic E-state index is 0.0809. The van der Waals surface area contributed by atoms with Crippen molar-refractivity contribution >= 4 is 11.6 Å². The first kappa shape index (κ1) is 14.1. The number of benzene rings is 1. The molecule has 22 heavy (non-hydrogen) atoms. The van der Waals surface area contributed by atoms with Gasteiger partial charge in [0.2, 0.25) is 0 Å². The third-order valence-corrected chi connectivity index (χ3v) is 3.41. The highest BCUT2D eigenvalue weighted by molar-refractivity contribution is 6.05. The Morgan fingerprint density at radius 3 is 2.45 bits per heavy atom. The van der Waals surface area contributed by atoms with Gasteiger partial charge in [-0.2, -0.15) is 0 Å². The van der Waals surface area contributed by atoms with E-state index in [2.05, 4.69) is 4.98 Å². The van der Waals surface area contributed by atoms with Gasteiger partial charge in [0.1, 0.15) is 5.76 Å². The van der Waals surface area contributed by atoms with Gasteiger partial charge in [0.05, 0.1) is 12.8 Å². The zero-order valence-corrected chi connectivity index (χ0v) is 12.3. The van der Waals surface area contributed by atoms with Crippen LogP contribution < -0.4 is 4.90 Å². The second kappa shape index (κ2) is 6.26. The van der Waals surface area contributed by atoms with E-state index in [1.807, 2.05) is 43.3 Å². The number of amides is 1. The summed E-state index contributed by atoms with van der Waals surface area (Å²) in [6, 6.07) is 15.0. The van der Waals surface area contributed by atoms with Gasteiger partial charge in [-0.3, -0.25) is 9.78 Å². The number of carbonyl (C=O) groups is 1. The van der Waals surface area contributed by atoms with Crippen LogP contribution in [0.2, 0.25) is 0 Å². The lowest BCUT2D eigenvalue weighted by Gasteiger charge is -2.22. The molecule has 0 aliphatic rings. The van der Waals surface area contributed by atoms with E-state index >= 15 is 0 Å². The molecule has 0 unspecified atom stereocenters. The third kappa shape index (κ3) is 3.06.